The fraction of sp³-hybridized carbons (Fsp3) is 0.190. The predicted molar refractivity (Wildman–Crippen MR) is 93.2 cm³/mol. The molecule has 0 aromatic heterocycles. The average molecular weight is 337 g/mol. The largest absolute Gasteiger partial charge is 0.331 e. The molecule has 1 aliphatic rings. The summed E-state index contributed by atoms with van der Waals surface area (Å²) in [5, 5.41) is 1.89. The van der Waals surface area contributed by atoms with Gasteiger partial charge in [0.25, 0.3) is 5.91 Å². The summed E-state index contributed by atoms with van der Waals surface area (Å²) >= 11 is 0. The van der Waals surface area contributed by atoms with Gasteiger partial charge in [0.2, 0.25) is 0 Å². The van der Waals surface area contributed by atoms with Crippen LogP contribution >= 0.6 is 0 Å². The number of amides is 1. The molecule has 4 heteroatoms. The van der Waals surface area contributed by atoms with Crippen LogP contribution in [0.4, 0.5) is 8.78 Å². The molecule has 0 aliphatic heterocycles. The molecule has 3 aromatic rings. The maximum Gasteiger partial charge on any atom is 0.255 e. The summed E-state index contributed by atoms with van der Waals surface area (Å²) in [6.07, 6.45) is 1.83. The van der Waals surface area contributed by atoms with Gasteiger partial charge in [-0.1, -0.05) is 42.5 Å². The number of halogens is 2. The van der Waals surface area contributed by atoms with Gasteiger partial charge in [0.15, 0.2) is 0 Å². The second-order valence-electron chi connectivity index (χ2n) is 6.43. The third-order valence-corrected chi connectivity index (χ3v) is 4.62. The Labute approximate surface area is 144 Å². The minimum Gasteiger partial charge on any atom is -0.331 e. The molecule has 126 valence electrons. The standard InChI is InChI=1S/C21H17F2NO/c22-16-9-8-15(20(23)12-16)13-24(17-10-11-17)21(25)19-7-3-5-14-4-1-2-6-18(14)19/h1-9,12,17H,10-11,13H2. The Morgan fingerprint density at radius 3 is 2.52 bits per heavy atom. The van der Waals surface area contributed by atoms with Gasteiger partial charge in [0.1, 0.15) is 11.6 Å². The van der Waals surface area contributed by atoms with Crippen molar-refractivity contribution in [2.45, 2.75) is 25.4 Å². The first kappa shape index (κ1) is 15.8. The zero-order chi connectivity index (χ0) is 17.4. The van der Waals surface area contributed by atoms with E-state index in [9.17, 15) is 13.6 Å². The molecule has 25 heavy (non-hydrogen) atoms. The van der Waals surface area contributed by atoms with E-state index in [1.54, 1.807) is 11.0 Å². The van der Waals surface area contributed by atoms with E-state index in [1.807, 2.05) is 36.4 Å². The molecule has 3 aromatic carbocycles. The number of carbonyl (C=O) groups is 1. The van der Waals surface area contributed by atoms with E-state index in [4.69, 9.17) is 0 Å². The van der Waals surface area contributed by atoms with Crippen LogP contribution in [0.5, 0.6) is 0 Å². The molecule has 0 spiro atoms. The van der Waals surface area contributed by atoms with Crippen LogP contribution in [0.25, 0.3) is 10.8 Å². The number of carbonyl (C=O) groups excluding carboxylic acids is 1. The van der Waals surface area contributed by atoms with Crippen LogP contribution in [0.2, 0.25) is 0 Å². The lowest BCUT2D eigenvalue weighted by Gasteiger charge is -2.23. The minimum absolute atomic E-state index is 0.108. The normalized spacial score (nSPS) is 13.8. The van der Waals surface area contributed by atoms with Crippen LogP contribution in [0.3, 0.4) is 0 Å². The molecule has 0 saturated heterocycles. The molecule has 0 heterocycles. The van der Waals surface area contributed by atoms with Crippen molar-refractivity contribution in [2.24, 2.45) is 0 Å². The zero-order valence-corrected chi connectivity index (χ0v) is 13.6. The second kappa shape index (κ2) is 6.28. The van der Waals surface area contributed by atoms with Crippen molar-refractivity contribution in [2.75, 3.05) is 0 Å². The smallest absolute Gasteiger partial charge is 0.255 e. The summed E-state index contributed by atoms with van der Waals surface area (Å²) in [6.45, 7) is 0.152. The molecule has 0 radical (unpaired) electrons. The predicted octanol–water partition coefficient (Wildman–Crippen LogP) is 4.92. The van der Waals surface area contributed by atoms with Gasteiger partial charge in [-0.25, -0.2) is 8.78 Å². The quantitative estimate of drug-likeness (QED) is 0.661. The molecule has 0 N–H and O–H groups in total. The highest BCUT2D eigenvalue weighted by molar-refractivity contribution is 6.07. The summed E-state index contributed by atoms with van der Waals surface area (Å²) in [5.74, 6) is -1.33. The van der Waals surface area contributed by atoms with E-state index in [-0.39, 0.29) is 18.5 Å². The fourth-order valence-corrected chi connectivity index (χ4v) is 3.15. The zero-order valence-electron chi connectivity index (χ0n) is 13.6. The molecule has 0 bridgehead atoms. The van der Waals surface area contributed by atoms with E-state index in [0.29, 0.717) is 11.1 Å². The Morgan fingerprint density at radius 1 is 1.00 bits per heavy atom. The topological polar surface area (TPSA) is 20.3 Å². The van der Waals surface area contributed by atoms with Crippen molar-refractivity contribution < 1.29 is 13.6 Å². The molecule has 2 nitrogen and oxygen atoms in total. The van der Waals surface area contributed by atoms with Gasteiger partial charge < -0.3 is 4.90 Å². The molecule has 4 rings (SSSR count). The van der Waals surface area contributed by atoms with Crippen LogP contribution in [-0.4, -0.2) is 16.8 Å². The Kier molecular flexibility index (Phi) is 3.96. The van der Waals surface area contributed by atoms with E-state index in [1.165, 1.54) is 12.1 Å². The second-order valence-corrected chi connectivity index (χ2v) is 6.43. The molecule has 1 saturated carbocycles. The number of nitrogens with zero attached hydrogens (tertiary/aromatic N) is 1. The van der Waals surface area contributed by atoms with Gasteiger partial charge in [-0.05, 0) is 35.7 Å². The van der Waals surface area contributed by atoms with E-state index in [2.05, 4.69) is 0 Å². The van der Waals surface area contributed by atoms with Gasteiger partial charge >= 0.3 is 0 Å². The first-order valence-electron chi connectivity index (χ1n) is 8.36. The monoisotopic (exact) mass is 337 g/mol. The number of hydrogen-bond acceptors (Lipinski definition) is 1. The third kappa shape index (κ3) is 3.12. The first-order chi connectivity index (χ1) is 12.1. The molecule has 1 amide bonds. The van der Waals surface area contributed by atoms with Gasteiger partial charge in [0, 0.05) is 29.8 Å². The minimum atomic E-state index is -0.614. The number of benzene rings is 3. The Balaban J connectivity index is 1.70. The summed E-state index contributed by atoms with van der Waals surface area (Å²) in [7, 11) is 0. The lowest BCUT2D eigenvalue weighted by molar-refractivity contribution is 0.0730. The maximum absolute atomic E-state index is 14.0. The summed E-state index contributed by atoms with van der Waals surface area (Å²) in [5.41, 5.74) is 0.953. The number of fused-ring (bicyclic) bond motifs is 1. The molecular weight excluding hydrogens is 320 g/mol. The molecule has 1 fully saturated rings. The Morgan fingerprint density at radius 2 is 1.76 bits per heavy atom. The van der Waals surface area contributed by atoms with Crippen molar-refractivity contribution >= 4 is 16.7 Å². The van der Waals surface area contributed by atoms with E-state index in [0.717, 1.165) is 29.7 Å². The number of rotatable bonds is 4. The maximum atomic E-state index is 14.0. The Hall–Kier alpha value is -2.75. The average Bonchev–Trinajstić information content (AvgIpc) is 3.45. The van der Waals surface area contributed by atoms with Crippen molar-refractivity contribution in [1.29, 1.82) is 0 Å². The van der Waals surface area contributed by atoms with Gasteiger partial charge in [-0.3, -0.25) is 4.79 Å². The molecule has 0 unspecified atom stereocenters. The Bertz CT molecular complexity index is 944. The highest BCUT2D eigenvalue weighted by Crippen LogP contribution is 2.31. The molecule has 1 aliphatic carbocycles. The van der Waals surface area contributed by atoms with Crippen LogP contribution in [-0.2, 0) is 6.54 Å². The van der Waals surface area contributed by atoms with Crippen LogP contribution < -0.4 is 0 Å². The molecule has 0 atom stereocenters. The van der Waals surface area contributed by atoms with Crippen LogP contribution in [0, 0.1) is 11.6 Å². The van der Waals surface area contributed by atoms with Crippen molar-refractivity contribution in [1.82, 2.24) is 4.90 Å². The van der Waals surface area contributed by atoms with E-state index >= 15 is 0 Å². The lowest BCUT2D eigenvalue weighted by Crippen LogP contribution is -2.33. The highest BCUT2D eigenvalue weighted by Gasteiger charge is 2.34. The third-order valence-electron chi connectivity index (χ3n) is 4.62. The highest BCUT2D eigenvalue weighted by atomic mass is 19.1. The summed E-state index contributed by atoms with van der Waals surface area (Å²) < 4.78 is 27.2. The van der Waals surface area contributed by atoms with Crippen molar-refractivity contribution in [3.05, 3.63) is 83.4 Å². The lowest BCUT2D eigenvalue weighted by atomic mass is 10.0. The van der Waals surface area contributed by atoms with Gasteiger partial charge in [-0.2, -0.15) is 0 Å². The van der Waals surface area contributed by atoms with Gasteiger partial charge in [-0.15, -0.1) is 0 Å². The SMILES string of the molecule is O=C(c1cccc2ccccc12)N(Cc1ccc(F)cc1F)C1CC1. The van der Waals surface area contributed by atoms with Crippen LogP contribution in [0.15, 0.2) is 60.7 Å². The summed E-state index contributed by atoms with van der Waals surface area (Å²) in [6, 6.07) is 17.0. The van der Waals surface area contributed by atoms with E-state index < -0.39 is 11.6 Å². The summed E-state index contributed by atoms with van der Waals surface area (Å²) in [4.78, 5) is 14.9. The van der Waals surface area contributed by atoms with Gasteiger partial charge in [0.05, 0.1) is 0 Å². The van der Waals surface area contributed by atoms with Crippen LogP contribution in [0.1, 0.15) is 28.8 Å². The fourth-order valence-electron chi connectivity index (χ4n) is 3.15. The molecular formula is C21H17F2NO. The van der Waals surface area contributed by atoms with Crippen molar-refractivity contribution in [3.63, 3.8) is 0 Å². The van der Waals surface area contributed by atoms with Crippen molar-refractivity contribution in [3.8, 4) is 0 Å². The first-order valence-corrected chi connectivity index (χ1v) is 8.36. The number of hydrogen-bond donors (Lipinski definition) is 0.